The molecule has 86 valence electrons. The summed E-state index contributed by atoms with van der Waals surface area (Å²) >= 11 is 0. The summed E-state index contributed by atoms with van der Waals surface area (Å²) in [5.41, 5.74) is 0. The van der Waals surface area contributed by atoms with Crippen molar-refractivity contribution in [1.82, 2.24) is 5.32 Å². The van der Waals surface area contributed by atoms with Gasteiger partial charge in [-0.25, -0.2) is 0 Å². The molecule has 1 N–H and O–H groups in total. The summed E-state index contributed by atoms with van der Waals surface area (Å²) in [7, 11) is 0. The third kappa shape index (κ3) is 5.41. The second-order valence-electron chi connectivity index (χ2n) is 3.87. The standard InChI is InChI=1S/C12H22N2O/c1-4-7-10(8-5-2)12(15)14-11(6-3)9-13/h10-11H,4-8H2,1-3H3,(H,14,15). The Morgan fingerprint density at radius 1 is 1.27 bits per heavy atom. The molecular formula is C12H22N2O. The number of hydrogen-bond acceptors (Lipinski definition) is 2. The average molecular weight is 210 g/mol. The van der Waals surface area contributed by atoms with Gasteiger partial charge in [-0.05, 0) is 19.3 Å². The lowest BCUT2D eigenvalue weighted by Crippen LogP contribution is -2.37. The van der Waals surface area contributed by atoms with E-state index in [4.69, 9.17) is 5.26 Å². The molecule has 0 aliphatic rings. The molecule has 0 rings (SSSR count). The molecule has 3 nitrogen and oxygen atoms in total. The van der Waals surface area contributed by atoms with E-state index in [1.165, 1.54) is 0 Å². The van der Waals surface area contributed by atoms with Gasteiger partial charge in [-0.2, -0.15) is 5.26 Å². The summed E-state index contributed by atoms with van der Waals surface area (Å²) in [6.45, 7) is 6.07. The highest BCUT2D eigenvalue weighted by molar-refractivity contribution is 5.79. The summed E-state index contributed by atoms with van der Waals surface area (Å²) in [4.78, 5) is 11.8. The molecule has 0 radical (unpaired) electrons. The van der Waals surface area contributed by atoms with Crippen molar-refractivity contribution in [2.45, 2.75) is 58.9 Å². The van der Waals surface area contributed by atoms with E-state index in [2.05, 4.69) is 25.2 Å². The molecule has 15 heavy (non-hydrogen) atoms. The van der Waals surface area contributed by atoms with E-state index in [9.17, 15) is 4.79 Å². The number of carbonyl (C=O) groups excluding carboxylic acids is 1. The van der Waals surface area contributed by atoms with Crippen LogP contribution in [0.2, 0.25) is 0 Å². The van der Waals surface area contributed by atoms with E-state index in [0.29, 0.717) is 6.42 Å². The largest absolute Gasteiger partial charge is 0.340 e. The lowest BCUT2D eigenvalue weighted by Gasteiger charge is -2.17. The highest BCUT2D eigenvalue weighted by atomic mass is 16.1. The van der Waals surface area contributed by atoms with Gasteiger partial charge in [0.1, 0.15) is 6.04 Å². The van der Waals surface area contributed by atoms with Crippen LogP contribution in [0.5, 0.6) is 0 Å². The molecule has 1 atom stereocenters. The van der Waals surface area contributed by atoms with Crippen molar-refractivity contribution < 1.29 is 4.79 Å². The number of nitrogens with zero attached hydrogens (tertiary/aromatic N) is 1. The van der Waals surface area contributed by atoms with E-state index < -0.39 is 0 Å². The maximum atomic E-state index is 11.8. The van der Waals surface area contributed by atoms with Gasteiger partial charge < -0.3 is 5.32 Å². The second-order valence-corrected chi connectivity index (χ2v) is 3.87. The first-order valence-electron chi connectivity index (χ1n) is 5.89. The molecule has 0 saturated heterocycles. The van der Waals surface area contributed by atoms with Crippen molar-refractivity contribution in [2.75, 3.05) is 0 Å². The summed E-state index contributed by atoms with van der Waals surface area (Å²) in [5.74, 6) is 0.134. The van der Waals surface area contributed by atoms with Gasteiger partial charge in [0.15, 0.2) is 0 Å². The lowest BCUT2D eigenvalue weighted by atomic mass is 9.97. The molecule has 0 saturated carbocycles. The van der Waals surface area contributed by atoms with Gasteiger partial charge in [0.25, 0.3) is 0 Å². The molecular weight excluding hydrogens is 188 g/mol. The lowest BCUT2D eigenvalue weighted by molar-refractivity contribution is -0.125. The Balaban J connectivity index is 4.18. The molecule has 0 spiro atoms. The molecule has 1 unspecified atom stereocenters. The average Bonchev–Trinajstić information content (AvgIpc) is 2.25. The number of carbonyl (C=O) groups is 1. The van der Waals surface area contributed by atoms with Crippen molar-refractivity contribution in [3.63, 3.8) is 0 Å². The van der Waals surface area contributed by atoms with Gasteiger partial charge in [0, 0.05) is 5.92 Å². The fraction of sp³-hybridized carbons (Fsp3) is 0.833. The maximum Gasteiger partial charge on any atom is 0.224 e. The number of nitriles is 1. The molecule has 0 aliphatic heterocycles. The van der Waals surface area contributed by atoms with Crippen molar-refractivity contribution in [2.24, 2.45) is 5.92 Å². The van der Waals surface area contributed by atoms with Crippen molar-refractivity contribution in [3.8, 4) is 6.07 Å². The van der Waals surface area contributed by atoms with Crippen LogP contribution in [0.25, 0.3) is 0 Å². The number of nitrogens with one attached hydrogen (secondary N) is 1. The number of amides is 1. The Kier molecular flexibility index (Phi) is 7.71. The number of rotatable bonds is 7. The van der Waals surface area contributed by atoms with Crippen molar-refractivity contribution in [1.29, 1.82) is 5.26 Å². The zero-order valence-electron chi connectivity index (χ0n) is 10.0. The molecule has 0 aromatic rings. The molecule has 0 heterocycles. The molecule has 0 bridgehead atoms. The third-order valence-corrected chi connectivity index (χ3v) is 2.53. The Labute approximate surface area is 92.9 Å². The third-order valence-electron chi connectivity index (χ3n) is 2.53. The topological polar surface area (TPSA) is 52.9 Å². The minimum absolute atomic E-state index is 0.0482. The molecule has 0 aliphatic carbocycles. The predicted octanol–water partition coefficient (Wildman–Crippen LogP) is 2.62. The zero-order valence-corrected chi connectivity index (χ0v) is 10.0. The van der Waals surface area contributed by atoms with Gasteiger partial charge in [-0.3, -0.25) is 4.79 Å². The summed E-state index contributed by atoms with van der Waals surface area (Å²) in [5, 5.41) is 11.5. The first kappa shape index (κ1) is 14.0. The Morgan fingerprint density at radius 2 is 1.80 bits per heavy atom. The van der Waals surface area contributed by atoms with Crippen molar-refractivity contribution in [3.05, 3.63) is 0 Å². The van der Waals surface area contributed by atoms with E-state index in [1.54, 1.807) is 0 Å². The van der Waals surface area contributed by atoms with Crippen LogP contribution >= 0.6 is 0 Å². The highest BCUT2D eigenvalue weighted by Crippen LogP contribution is 2.13. The molecule has 0 aromatic carbocycles. The number of hydrogen-bond donors (Lipinski definition) is 1. The first-order chi connectivity index (χ1) is 7.19. The Bertz CT molecular complexity index is 214. The predicted molar refractivity (Wildman–Crippen MR) is 61.1 cm³/mol. The van der Waals surface area contributed by atoms with Crippen LogP contribution in [0, 0.1) is 17.2 Å². The molecule has 0 fully saturated rings. The van der Waals surface area contributed by atoms with E-state index in [-0.39, 0.29) is 17.9 Å². The quantitative estimate of drug-likeness (QED) is 0.702. The van der Waals surface area contributed by atoms with Gasteiger partial charge >= 0.3 is 0 Å². The van der Waals surface area contributed by atoms with E-state index in [0.717, 1.165) is 25.7 Å². The monoisotopic (exact) mass is 210 g/mol. The van der Waals surface area contributed by atoms with Crippen LogP contribution < -0.4 is 5.32 Å². The second kappa shape index (κ2) is 8.28. The van der Waals surface area contributed by atoms with Gasteiger partial charge in [-0.1, -0.05) is 33.6 Å². The van der Waals surface area contributed by atoms with E-state index in [1.807, 2.05) is 6.92 Å². The molecule has 0 aromatic heterocycles. The molecule has 1 amide bonds. The Hall–Kier alpha value is -1.04. The minimum atomic E-state index is -0.325. The smallest absolute Gasteiger partial charge is 0.224 e. The van der Waals surface area contributed by atoms with E-state index >= 15 is 0 Å². The van der Waals surface area contributed by atoms with Crippen molar-refractivity contribution >= 4 is 5.91 Å². The summed E-state index contributed by atoms with van der Waals surface area (Å²) in [6.07, 6.45) is 4.54. The summed E-state index contributed by atoms with van der Waals surface area (Å²) < 4.78 is 0. The Morgan fingerprint density at radius 3 is 2.13 bits per heavy atom. The zero-order chi connectivity index (χ0) is 11.7. The van der Waals surface area contributed by atoms with Crippen LogP contribution in [0.4, 0.5) is 0 Å². The SMILES string of the molecule is CCCC(CCC)C(=O)NC(C#N)CC. The highest BCUT2D eigenvalue weighted by Gasteiger charge is 2.18. The van der Waals surface area contributed by atoms with Gasteiger partial charge in [0.05, 0.1) is 6.07 Å². The fourth-order valence-corrected chi connectivity index (χ4v) is 1.62. The van der Waals surface area contributed by atoms with Gasteiger partial charge in [-0.15, -0.1) is 0 Å². The van der Waals surface area contributed by atoms with Crippen LogP contribution in [0.1, 0.15) is 52.9 Å². The van der Waals surface area contributed by atoms with Crippen LogP contribution in [-0.4, -0.2) is 11.9 Å². The van der Waals surface area contributed by atoms with Crippen LogP contribution in [-0.2, 0) is 4.79 Å². The maximum absolute atomic E-state index is 11.8. The summed E-state index contributed by atoms with van der Waals surface area (Å²) in [6, 6.07) is 1.76. The molecule has 3 heteroatoms. The first-order valence-corrected chi connectivity index (χ1v) is 5.89. The normalized spacial score (nSPS) is 12.2. The van der Waals surface area contributed by atoms with Crippen LogP contribution in [0.3, 0.4) is 0 Å². The van der Waals surface area contributed by atoms with Gasteiger partial charge in [0.2, 0.25) is 5.91 Å². The minimum Gasteiger partial charge on any atom is -0.340 e. The fourth-order valence-electron chi connectivity index (χ4n) is 1.62. The van der Waals surface area contributed by atoms with Crippen LogP contribution in [0.15, 0.2) is 0 Å².